The maximum atomic E-state index is 13.0. The maximum absolute atomic E-state index is 13.0. The van der Waals surface area contributed by atoms with Crippen LogP contribution in [0.1, 0.15) is 53.2 Å². The molecule has 0 aromatic heterocycles. The number of carbonyl (C=O) groups excluding carboxylic acids is 1. The minimum absolute atomic E-state index is 0.0492. The number of benzene rings is 2. The fraction of sp³-hybridized carbons (Fsp3) is 0.391. The molecule has 1 fully saturated rings. The summed E-state index contributed by atoms with van der Waals surface area (Å²) < 4.78 is 0. The van der Waals surface area contributed by atoms with E-state index in [4.69, 9.17) is 5.26 Å². The Morgan fingerprint density at radius 3 is 2.54 bits per heavy atom. The maximum Gasteiger partial charge on any atom is 0.257 e. The van der Waals surface area contributed by atoms with Crippen molar-refractivity contribution < 1.29 is 9.90 Å². The van der Waals surface area contributed by atoms with E-state index in [2.05, 4.69) is 24.8 Å². The first-order valence-corrected chi connectivity index (χ1v) is 9.81. The van der Waals surface area contributed by atoms with Gasteiger partial charge in [0.1, 0.15) is 5.75 Å². The van der Waals surface area contributed by atoms with Gasteiger partial charge in [0.05, 0.1) is 17.2 Å². The molecule has 3 rings (SSSR count). The van der Waals surface area contributed by atoms with Gasteiger partial charge < -0.3 is 10.0 Å². The lowest BCUT2D eigenvalue weighted by Gasteiger charge is -2.23. The molecule has 28 heavy (non-hydrogen) atoms. The Bertz CT molecular complexity index is 868. The van der Waals surface area contributed by atoms with Crippen LogP contribution in [0.4, 0.5) is 0 Å². The first kappa shape index (κ1) is 19.9. The molecule has 0 aliphatic carbocycles. The lowest BCUT2D eigenvalue weighted by molar-refractivity contribution is 0.0758. The summed E-state index contributed by atoms with van der Waals surface area (Å²) in [5.41, 5.74) is 3.28. The average Bonchev–Trinajstić information content (AvgIpc) is 2.94. The second-order valence-corrected chi connectivity index (χ2v) is 7.66. The molecule has 1 heterocycles. The van der Waals surface area contributed by atoms with Gasteiger partial charge in [-0.2, -0.15) is 5.26 Å². The molecule has 5 heteroatoms. The Morgan fingerprint density at radius 2 is 1.86 bits per heavy atom. The molecule has 0 atom stereocenters. The SMILES string of the molecule is CC(C)c1ccc(O)c(C(=O)N2CCCN(Cc3ccc(C#N)cc3)CC2)c1. The summed E-state index contributed by atoms with van der Waals surface area (Å²) in [5.74, 6) is 0.257. The largest absolute Gasteiger partial charge is 0.507 e. The molecular formula is C23H27N3O2. The summed E-state index contributed by atoms with van der Waals surface area (Å²) >= 11 is 0. The number of amides is 1. The van der Waals surface area contributed by atoms with Gasteiger partial charge in [0.15, 0.2) is 0 Å². The van der Waals surface area contributed by atoms with Gasteiger partial charge in [0.2, 0.25) is 0 Å². The van der Waals surface area contributed by atoms with Crippen molar-refractivity contribution in [2.24, 2.45) is 0 Å². The highest BCUT2D eigenvalue weighted by Gasteiger charge is 2.23. The number of hydrogen-bond acceptors (Lipinski definition) is 4. The predicted octanol–water partition coefficient (Wildman–Crippen LogP) is 3.74. The fourth-order valence-electron chi connectivity index (χ4n) is 3.53. The van der Waals surface area contributed by atoms with Crippen molar-refractivity contribution in [3.8, 4) is 11.8 Å². The van der Waals surface area contributed by atoms with Crippen molar-refractivity contribution in [2.45, 2.75) is 32.7 Å². The van der Waals surface area contributed by atoms with Crippen LogP contribution in [-0.4, -0.2) is 47.0 Å². The highest BCUT2D eigenvalue weighted by molar-refractivity contribution is 5.97. The monoisotopic (exact) mass is 377 g/mol. The van der Waals surface area contributed by atoms with E-state index in [1.54, 1.807) is 6.07 Å². The van der Waals surface area contributed by atoms with E-state index in [1.807, 2.05) is 41.3 Å². The number of rotatable bonds is 4. The molecule has 2 aromatic rings. The molecule has 1 aliphatic heterocycles. The summed E-state index contributed by atoms with van der Waals surface area (Å²) in [6.45, 7) is 8.00. The Balaban J connectivity index is 1.65. The number of nitriles is 1. The third-order valence-electron chi connectivity index (χ3n) is 5.28. The summed E-state index contributed by atoms with van der Waals surface area (Å²) in [7, 11) is 0. The normalized spacial score (nSPS) is 15.3. The van der Waals surface area contributed by atoms with E-state index in [-0.39, 0.29) is 11.7 Å². The zero-order chi connectivity index (χ0) is 20.1. The molecule has 5 nitrogen and oxygen atoms in total. The molecule has 0 radical (unpaired) electrons. The predicted molar refractivity (Wildman–Crippen MR) is 109 cm³/mol. The summed E-state index contributed by atoms with van der Waals surface area (Å²) in [6, 6.07) is 15.1. The summed E-state index contributed by atoms with van der Waals surface area (Å²) in [6.07, 6.45) is 0.895. The topological polar surface area (TPSA) is 67.6 Å². The van der Waals surface area contributed by atoms with Gasteiger partial charge in [-0.05, 0) is 47.7 Å². The molecular weight excluding hydrogens is 350 g/mol. The number of nitrogens with zero attached hydrogens (tertiary/aromatic N) is 3. The minimum Gasteiger partial charge on any atom is -0.507 e. The van der Waals surface area contributed by atoms with E-state index < -0.39 is 0 Å². The van der Waals surface area contributed by atoms with Gasteiger partial charge in [-0.1, -0.05) is 32.0 Å². The standard InChI is InChI=1S/C23H27N3O2/c1-17(2)20-8-9-22(27)21(14-20)23(28)26-11-3-10-25(12-13-26)16-19-6-4-18(15-24)5-7-19/h4-9,14,17,27H,3,10-13,16H2,1-2H3. The Kier molecular flexibility index (Phi) is 6.33. The number of phenols is 1. The zero-order valence-electron chi connectivity index (χ0n) is 16.6. The van der Waals surface area contributed by atoms with E-state index >= 15 is 0 Å². The van der Waals surface area contributed by atoms with Crippen LogP contribution in [-0.2, 0) is 6.54 Å². The second-order valence-electron chi connectivity index (χ2n) is 7.66. The highest BCUT2D eigenvalue weighted by atomic mass is 16.3. The molecule has 2 aromatic carbocycles. The van der Waals surface area contributed by atoms with Gasteiger partial charge in [-0.25, -0.2) is 0 Å². The average molecular weight is 377 g/mol. The lowest BCUT2D eigenvalue weighted by Crippen LogP contribution is -2.35. The molecule has 0 spiro atoms. The van der Waals surface area contributed by atoms with Crippen molar-refractivity contribution >= 4 is 5.91 Å². The first-order valence-electron chi connectivity index (χ1n) is 9.81. The van der Waals surface area contributed by atoms with Gasteiger partial charge >= 0.3 is 0 Å². The van der Waals surface area contributed by atoms with Crippen molar-refractivity contribution in [1.29, 1.82) is 5.26 Å². The lowest BCUT2D eigenvalue weighted by atomic mass is 9.99. The van der Waals surface area contributed by atoms with Crippen molar-refractivity contribution in [1.82, 2.24) is 9.80 Å². The quantitative estimate of drug-likeness (QED) is 0.881. The summed E-state index contributed by atoms with van der Waals surface area (Å²) in [4.78, 5) is 17.2. The van der Waals surface area contributed by atoms with Gasteiger partial charge in [-0.3, -0.25) is 9.69 Å². The number of aromatic hydroxyl groups is 1. The Hall–Kier alpha value is -2.84. The Morgan fingerprint density at radius 1 is 1.11 bits per heavy atom. The fourth-order valence-corrected chi connectivity index (χ4v) is 3.53. The van der Waals surface area contributed by atoms with Gasteiger partial charge in [0, 0.05) is 32.7 Å². The third kappa shape index (κ3) is 4.71. The molecule has 0 unspecified atom stereocenters. The second kappa shape index (κ2) is 8.90. The first-order chi connectivity index (χ1) is 13.5. The highest BCUT2D eigenvalue weighted by Crippen LogP contribution is 2.25. The number of hydrogen-bond donors (Lipinski definition) is 1. The van der Waals surface area contributed by atoms with Crippen molar-refractivity contribution in [3.05, 3.63) is 64.7 Å². The minimum atomic E-state index is -0.0970. The van der Waals surface area contributed by atoms with Crippen LogP contribution < -0.4 is 0 Å². The van der Waals surface area contributed by atoms with E-state index in [0.29, 0.717) is 30.1 Å². The van der Waals surface area contributed by atoms with Crippen LogP contribution in [0.15, 0.2) is 42.5 Å². The van der Waals surface area contributed by atoms with Crippen LogP contribution in [0.3, 0.4) is 0 Å². The molecule has 0 saturated carbocycles. The molecule has 1 saturated heterocycles. The zero-order valence-corrected chi connectivity index (χ0v) is 16.6. The van der Waals surface area contributed by atoms with Crippen LogP contribution in [0.25, 0.3) is 0 Å². The van der Waals surface area contributed by atoms with Crippen molar-refractivity contribution in [3.63, 3.8) is 0 Å². The van der Waals surface area contributed by atoms with Crippen LogP contribution in [0.5, 0.6) is 5.75 Å². The molecule has 1 aliphatic rings. The van der Waals surface area contributed by atoms with Crippen LogP contribution >= 0.6 is 0 Å². The van der Waals surface area contributed by atoms with E-state index in [9.17, 15) is 9.90 Å². The number of phenolic OH excluding ortho intramolecular Hbond substituents is 1. The van der Waals surface area contributed by atoms with Crippen molar-refractivity contribution in [2.75, 3.05) is 26.2 Å². The number of carbonyl (C=O) groups is 1. The summed E-state index contributed by atoms with van der Waals surface area (Å²) in [5, 5.41) is 19.1. The third-order valence-corrected chi connectivity index (χ3v) is 5.28. The van der Waals surface area contributed by atoms with Crippen LogP contribution in [0.2, 0.25) is 0 Å². The molecule has 0 bridgehead atoms. The smallest absolute Gasteiger partial charge is 0.257 e. The molecule has 1 amide bonds. The molecule has 146 valence electrons. The van der Waals surface area contributed by atoms with E-state index in [0.717, 1.165) is 31.6 Å². The van der Waals surface area contributed by atoms with Gasteiger partial charge in [-0.15, -0.1) is 0 Å². The van der Waals surface area contributed by atoms with Gasteiger partial charge in [0.25, 0.3) is 5.91 Å². The van der Waals surface area contributed by atoms with Crippen LogP contribution in [0, 0.1) is 11.3 Å². The van der Waals surface area contributed by atoms with E-state index in [1.165, 1.54) is 5.56 Å². The Labute approximate surface area is 166 Å². The molecule has 1 N–H and O–H groups in total.